The number of nitrogens with zero attached hydrogens (tertiary/aromatic N) is 1. The number of methoxy groups -OCH3 is 1. The van der Waals surface area contributed by atoms with Crippen molar-refractivity contribution in [2.45, 2.75) is 6.92 Å². The molecule has 0 spiro atoms. The zero-order valence-corrected chi connectivity index (χ0v) is 19.6. The van der Waals surface area contributed by atoms with Crippen molar-refractivity contribution < 1.29 is 19.0 Å². The van der Waals surface area contributed by atoms with Gasteiger partial charge in [0.15, 0.2) is 16.6 Å². The Labute approximate surface area is 194 Å². The van der Waals surface area contributed by atoms with Crippen molar-refractivity contribution in [2.75, 3.05) is 25.2 Å². The molecule has 1 aliphatic heterocycles. The minimum Gasteiger partial charge on any atom is -0.497 e. The summed E-state index contributed by atoms with van der Waals surface area (Å²) in [7, 11) is 1.59. The average Bonchev–Trinajstić information content (AvgIpc) is 3.00. The Hall–Kier alpha value is -2.59. The molecule has 6 nitrogen and oxygen atoms in total. The number of carbonyl (C=O) groups excluding carboxylic acids is 1. The molecule has 2 aromatic rings. The Kier molecular flexibility index (Phi) is 7.33. The van der Waals surface area contributed by atoms with Gasteiger partial charge in [-0.3, -0.25) is 9.69 Å². The van der Waals surface area contributed by atoms with E-state index in [4.69, 9.17) is 26.4 Å². The summed E-state index contributed by atoms with van der Waals surface area (Å²) in [6, 6.07) is 10.9. The van der Waals surface area contributed by atoms with Crippen molar-refractivity contribution in [2.24, 2.45) is 0 Å². The fourth-order valence-corrected chi connectivity index (χ4v) is 3.96. The molecule has 1 fully saturated rings. The van der Waals surface area contributed by atoms with Crippen LogP contribution in [0.15, 0.2) is 54.8 Å². The normalized spacial score (nSPS) is 14.6. The van der Waals surface area contributed by atoms with Gasteiger partial charge >= 0.3 is 0 Å². The number of rotatable bonds is 8. The first-order valence-electron chi connectivity index (χ1n) is 9.19. The maximum absolute atomic E-state index is 13.0. The number of carbonyl (C=O) groups is 1. The van der Waals surface area contributed by atoms with E-state index in [0.29, 0.717) is 47.0 Å². The Morgan fingerprint density at radius 1 is 1.23 bits per heavy atom. The predicted octanol–water partition coefficient (Wildman–Crippen LogP) is 4.53. The van der Waals surface area contributed by atoms with Crippen LogP contribution < -0.4 is 24.4 Å². The van der Waals surface area contributed by atoms with Gasteiger partial charge in [-0.25, -0.2) is 0 Å². The van der Waals surface area contributed by atoms with Gasteiger partial charge < -0.3 is 19.5 Å². The van der Waals surface area contributed by atoms with Crippen LogP contribution in [0.4, 0.5) is 5.69 Å². The lowest BCUT2D eigenvalue weighted by molar-refractivity contribution is -0.113. The minimum absolute atomic E-state index is 0.231. The van der Waals surface area contributed by atoms with E-state index in [0.717, 1.165) is 9.13 Å². The number of benzene rings is 2. The molecule has 1 N–H and O–H groups in total. The second kappa shape index (κ2) is 9.94. The van der Waals surface area contributed by atoms with Crippen LogP contribution in [0.25, 0.3) is 6.08 Å². The molecule has 1 aliphatic rings. The Bertz CT molecular complexity index is 1000. The van der Waals surface area contributed by atoms with E-state index < -0.39 is 0 Å². The number of amides is 1. The number of thiocarbonyl (C=S) groups is 1. The Morgan fingerprint density at radius 3 is 2.60 bits per heavy atom. The number of hydrogen-bond acceptors (Lipinski definition) is 5. The summed E-state index contributed by atoms with van der Waals surface area (Å²) < 4.78 is 17.5. The first-order valence-corrected chi connectivity index (χ1v) is 10.7. The summed E-state index contributed by atoms with van der Waals surface area (Å²) in [6.45, 7) is 6.45. The topological polar surface area (TPSA) is 60.0 Å². The Morgan fingerprint density at radius 2 is 1.97 bits per heavy atom. The van der Waals surface area contributed by atoms with Gasteiger partial charge in [0.1, 0.15) is 18.1 Å². The largest absolute Gasteiger partial charge is 0.497 e. The highest BCUT2D eigenvalue weighted by atomic mass is 127. The zero-order valence-electron chi connectivity index (χ0n) is 16.6. The van der Waals surface area contributed by atoms with E-state index in [9.17, 15) is 4.79 Å². The van der Waals surface area contributed by atoms with Crippen LogP contribution in [0.3, 0.4) is 0 Å². The molecule has 3 rings (SSSR count). The van der Waals surface area contributed by atoms with Gasteiger partial charge in [0, 0.05) is 0 Å². The summed E-state index contributed by atoms with van der Waals surface area (Å²) in [5.74, 6) is 1.74. The molecule has 0 aromatic heterocycles. The van der Waals surface area contributed by atoms with Crippen molar-refractivity contribution >= 4 is 57.6 Å². The first kappa shape index (κ1) is 22.1. The smallest absolute Gasteiger partial charge is 0.281 e. The molecule has 1 saturated heterocycles. The van der Waals surface area contributed by atoms with Gasteiger partial charge in [-0.2, -0.15) is 0 Å². The third kappa shape index (κ3) is 4.76. The molecular weight excluding hydrogens is 515 g/mol. The maximum atomic E-state index is 13.0. The molecule has 0 unspecified atom stereocenters. The van der Waals surface area contributed by atoms with Crippen LogP contribution in [0.2, 0.25) is 0 Å². The molecule has 0 saturated carbocycles. The lowest BCUT2D eigenvalue weighted by atomic mass is 10.1. The Balaban J connectivity index is 1.91. The van der Waals surface area contributed by atoms with E-state index >= 15 is 0 Å². The lowest BCUT2D eigenvalue weighted by Gasteiger charge is -2.14. The molecule has 1 heterocycles. The van der Waals surface area contributed by atoms with Gasteiger partial charge in [0.05, 0.1) is 23.0 Å². The fraction of sp³-hybridized carbons (Fsp3) is 0.182. The minimum atomic E-state index is -0.231. The molecule has 0 aliphatic carbocycles. The van der Waals surface area contributed by atoms with Gasteiger partial charge in [-0.1, -0.05) is 12.7 Å². The van der Waals surface area contributed by atoms with E-state index in [-0.39, 0.29) is 5.91 Å². The molecule has 0 radical (unpaired) electrons. The van der Waals surface area contributed by atoms with Crippen molar-refractivity contribution in [1.29, 1.82) is 0 Å². The number of hydrogen-bond donors (Lipinski definition) is 1. The highest BCUT2D eigenvalue weighted by Crippen LogP contribution is 2.35. The highest BCUT2D eigenvalue weighted by Gasteiger charge is 2.32. The average molecular weight is 536 g/mol. The van der Waals surface area contributed by atoms with Gasteiger partial charge in [0.25, 0.3) is 5.91 Å². The van der Waals surface area contributed by atoms with Crippen molar-refractivity contribution in [3.05, 3.63) is 63.9 Å². The van der Waals surface area contributed by atoms with Crippen LogP contribution in [-0.2, 0) is 4.79 Å². The second-order valence-electron chi connectivity index (χ2n) is 6.19. The van der Waals surface area contributed by atoms with Crippen LogP contribution in [-0.4, -0.2) is 31.3 Å². The van der Waals surface area contributed by atoms with Gasteiger partial charge in [0.2, 0.25) is 0 Å². The third-order valence-corrected chi connectivity index (χ3v) is 5.28. The van der Waals surface area contributed by atoms with Crippen molar-refractivity contribution in [3.8, 4) is 17.2 Å². The van der Waals surface area contributed by atoms with Crippen LogP contribution in [0, 0.1) is 3.57 Å². The maximum Gasteiger partial charge on any atom is 0.281 e. The molecule has 156 valence electrons. The SMILES string of the molecule is C=CCOc1c(I)cc(C=C2NC(=S)N(c3ccc(OC)cc3)C2=O)cc1OCC. The zero-order chi connectivity index (χ0) is 21.7. The summed E-state index contributed by atoms with van der Waals surface area (Å²) in [4.78, 5) is 14.4. The molecule has 0 bridgehead atoms. The lowest BCUT2D eigenvalue weighted by Crippen LogP contribution is -2.30. The monoisotopic (exact) mass is 536 g/mol. The molecule has 1 amide bonds. The quantitative estimate of drug-likeness (QED) is 0.232. The van der Waals surface area contributed by atoms with E-state index in [1.807, 2.05) is 19.1 Å². The van der Waals surface area contributed by atoms with E-state index in [1.165, 1.54) is 4.90 Å². The summed E-state index contributed by atoms with van der Waals surface area (Å²) in [6.07, 6.45) is 3.43. The van der Waals surface area contributed by atoms with Crippen LogP contribution in [0.1, 0.15) is 12.5 Å². The number of anilines is 1. The summed E-state index contributed by atoms with van der Waals surface area (Å²) in [5, 5.41) is 3.32. The van der Waals surface area contributed by atoms with Crippen molar-refractivity contribution in [3.63, 3.8) is 0 Å². The number of nitrogens with one attached hydrogen (secondary N) is 1. The summed E-state index contributed by atoms with van der Waals surface area (Å²) >= 11 is 7.57. The van der Waals surface area contributed by atoms with E-state index in [1.54, 1.807) is 43.5 Å². The predicted molar refractivity (Wildman–Crippen MR) is 130 cm³/mol. The molecule has 30 heavy (non-hydrogen) atoms. The van der Waals surface area contributed by atoms with Crippen molar-refractivity contribution in [1.82, 2.24) is 5.32 Å². The molecule has 8 heteroatoms. The second-order valence-corrected chi connectivity index (χ2v) is 7.74. The third-order valence-electron chi connectivity index (χ3n) is 4.20. The highest BCUT2D eigenvalue weighted by molar-refractivity contribution is 14.1. The van der Waals surface area contributed by atoms with Gasteiger partial charge in [-0.05, 0) is 89.8 Å². The van der Waals surface area contributed by atoms with Crippen LogP contribution >= 0.6 is 34.8 Å². The van der Waals surface area contributed by atoms with Crippen LogP contribution in [0.5, 0.6) is 17.2 Å². The standard InChI is InChI=1S/C22H21IN2O4S/c1-4-10-29-20-17(23)11-14(13-19(20)28-5-2)12-18-21(26)25(22(30)24-18)15-6-8-16(27-3)9-7-15/h4,6-9,11-13H,1,5,10H2,2-3H3,(H,24,30). The summed E-state index contributed by atoms with van der Waals surface area (Å²) in [5.41, 5.74) is 1.84. The molecule has 2 aromatic carbocycles. The number of ether oxygens (including phenoxy) is 3. The fourth-order valence-electron chi connectivity index (χ4n) is 2.88. The first-order chi connectivity index (χ1) is 14.5. The number of halogens is 1. The van der Waals surface area contributed by atoms with E-state index in [2.05, 4.69) is 34.5 Å². The van der Waals surface area contributed by atoms with Gasteiger partial charge in [-0.15, -0.1) is 0 Å². The molecule has 0 atom stereocenters. The molecular formula is C22H21IN2O4S.